The van der Waals surface area contributed by atoms with Gasteiger partial charge in [0.2, 0.25) is 0 Å². The third kappa shape index (κ3) is 5.95. The maximum Gasteiger partial charge on any atom is 0.159 e. The first-order valence-electron chi connectivity index (χ1n) is 9.27. The van der Waals surface area contributed by atoms with Gasteiger partial charge >= 0.3 is 0 Å². The Morgan fingerprint density at radius 2 is 1.71 bits per heavy atom. The Balaban J connectivity index is 1.88. The van der Waals surface area contributed by atoms with Crippen LogP contribution in [-0.4, -0.2) is 16.6 Å². The fourth-order valence-corrected chi connectivity index (χ4v) is 2.49. The number of ether oxygens (including phenoxy) is 1. The van der Waals surface area contributed by atoms with E-state index < -0.39 is 0 Å². The van der Waals surface area contributed by atoms with Crippen LogP contribution in [0.1, 0.15) is 58.4 Å². The topological polar surface area (TPSA) is 35.0 Å². The van der Waals surface area contributed by atoms with E-state index in [9.17, 15) is 0 Å². The summed E-state index contributed by atoms with van der Waals surface area (Å²) in [5, 5.41) is 0. The Kier molecular flexibility index (Phi) is 7.73. The van der Waals surface area contributed by atoms with Crippen LogP contribution >= 0.6 is 0 Å². The number of hydrogen-bond acceptors (Lipinski definition) is 3. The summed E-state index contributed by atoms with van der Waals surface area (Å²) in [4.78, 5) is 9.00. The van der Waals surface area contributed by atoms with E-state index in [4.69, 9.17) is 4.74 Å². The summed E-state index contributed by atoms with van der Waals surface area (Å²) < 4.78 is 5.80. The standard InChI is InChI=1S/C21H30N2O/c1-4-6-7-8-18-15-22-21(23-16-18)19-9-11-20(12-10-19)24-14-13-17(3)5-2/h9-12,15-17H,4-8,13-14H2,1-3H3. The summed E-state index contributed by atoms with van der Waals surface area (Å²) in [6.45, 7) is 7.47. The lowest BCUT2D eigenvalue weighted by Gasteiger charge is -2.10. The van der Waals surface area contributed by atoms with Crippen molar-refractivity contribution in [3.8, 4) is 17.1 Å². The SMILES string of the molecule is CCCCCc1cnc(-c2ccc(OCCC(C)CC)cc2)nc1. The lowest BCUT2D eigenvalue weighted by molar-refractivity contribution is 0.282. The number of benzene rings is 1. The van der Waals surface area contributed by atoms with Gasteiger partial charge in [-0.1, -0.05) is 40.0 Å². The molecule has 1 aromatic carbocycles. The van der Waals surface area contributed by atoms with Gasteiger partial charge in [0.05, 0.1) is 6.61 Å². The van der Waals surface area contributed by atoms with E-state index in [1.165, 1.54) is 31.2 Å². The maximum absolute atomic E-state index is 5.80. The Labute approximate surface area is 146 Å². The molecule has 1 unspecified atom stereocenters. The van der Waals surface area contributed by atoms with E-state index in [2.05, 4.69) is 30.7 Å². The lowest BCUT2D eigenvalue weighted by Crippen LogP contribution is -2.03. The molecule has 1 atom stereocenters. The molecule has 0 spiro atoms. The minimum absolute atomic E-state index is 0.716. The van der Waals surface area contributed by atoms with Crippen LogP contribution in [0, 0.1) is 5.92 Å². The molecule has 0 saturated carbocycles. The number of unbranched alkanes of at least 4 members (excludes halogenated alkanes) is 2. The predicted molar refractivity (Wildman–Crippen MR) is 100 cm³/mol. The highest BCUT2D eigenvalue weighted by atomic mass is 16.5. The van der Waals surface area contributed by atoms with Crippen molar-refractivity contribution in [2.24, 2.45) is 5.92 Å². The van der Waals surface area contributed by atoms with Gasteiger partial charge in [0.15, 0.2) is 5.82 Å². The minimum atomic E-state index is 0.716. The molecule has 2 aromatic rings. The van der Waals surface area contributed by atoms with Crippen molar-refractivity contribution >= 4 is 0 Å². The number of aromatic nitrogens is 2. The Morgan fingerprint density at radius 1 is 1.00 bits per heavy atom. The molecule has 0 radical (unpaired) electrons. The summed E-state index contributed by atoms with van der Waals surface area (Å²) >= 11 is 0. The van der Waals surface area contributed by atoms with Gasteiger partial charge in [0.25, 0.3) is 0 Å². The third-order valence-corrected chi connectivity index (χ3v) is 4.46. The van der Waals surface area contributed by atoms with Gasteiger partial charge in [-0.25, -0.2) is 9.97 Å². The van der Waals surface area contributed by atoms with E-state index in [1.54, 1.807) is 0 Å². The molecule has 0 aliphatic rings. The smallest absolute Gasteiger partial charge is 0.159 e. The fourth-order valence-electron chi connectivity index (χ4n) is 2.49. The van der Waals surface area contributed by atoms with Crippen molar-refractivity contribution in [3.05, 3.63) is 42.2 Å². The van der Waals surface area contributed by atoms with Crippen LogP contribution in [0.15, 0.2) is 36.7 Å². The summed E-state index contributed by atoms with van der Waals surface area (Å²) in [6, 6.07) is 8.07. The quantitative estimate of drug-likeness (QED) is 0.526. The Bertz CT molecular complexity index is 578. The molecule has 0 bridgehead atoms. The third-order valence-electron chi connectivity index (χ3n) is 4.46. The molecule has 3 heteroatoms. The van der Waals surface area contributed by atoms with Crippen LogP contribution in [0.25, 0.3) is 11.4 Å². The van der Waals surface area contributed by atoms with Crippen molar-refractivity contribution in [2.75, 3.05) is 6.61 Å². The summed E-state index contributed by atoms with van der Waals surface area (Å²) in [5.41, 5.74) is 2.25. The zero-order valence-corrected chi connectivity index (χ0v) is 15.3. The zero-order chi connectivity index (χ0) is 17.2. The Morgan fingerprint density at radius 3 is 2.33 bits per heavy atom. The highest BCUT2D eigenvalue weighted by molar-refractivity contribution is 5.55. The van der Waals surface area contributed by atoms with E-state index in [0.717, 1.165) is 36.6 Å². The highest BCUT2D eigenvalue weighted by Gasteiger charge is 2.04. The van der Waals surface area contributed by atoms with Gasteiger partial charge in [-0.3, -0.25) is 0 Å². The molecule has 0 N–H and O–H groups in total. The van der Waals surface area contributed by atoms with Gasteiger partial charge in [0.1, 0.15) is 5.75 Å². The summed E-state index contributed by atoms with van der Waals surface area (Å²) in [6.07, 6.45) is 11.0. The first-order chi connectivity index (χ1) is 11.7. The molecule has 0 fully saturated rings. The Hall–Kier alpha value is -1.90. The van der Waals surface area contributed by atoms with Crippen LogP contribution in [0.5, 0.6) is 5.75 Å². The van der Waals surface area contributed by atoms with Crippen LogP contribution in [0.4, 0.5) is 0 Å². The second-order valence-corrected chi connectivity index (χ2v) is 6.55. The maximum atomic E-state index is 5.80. The molecule has 1 heterocycles. The molecule has 0 aliphatic heterocycles. The van der Waals surface area contributed by atoms with E-state index in [1.807, 2.05) is 36.7 Å². The second kappa shape index (κ2) is 10.1. The average molecular weight is 326 g/mol. The van der Waals surface area contributed by atoms with Gasteiger partial charge in [-0.15, -0.1) is 0 Å². The summed E-state index contributed by atoms with van der Waals surface area (Å²) in [5.74, 6) is 2.41. The monoisotopic (exact) mass is 326 g/mol. The van der Waals surface area contributed by atoms with Crippen molar-refractivity contribution in [2.45, 2.75) is 59.3 Å². The van der Waals surface area contributed by atoms with E-state index in [0.29, 0.717) is 5.92 Å². The van der Waals surface area contributed by atoms with Crippen molar-refractivity contribution in [3.63, 3.8) is 0 Å². The van der Waals surface area contributed by atoms with Gasteiger partial charge < -0.3 is 4.74 Å². The van der Waals surface area contributed by atoms with Gasteiger partial charge in [-0.05, 0) is 55.0 Å². The second-order valence-electron chi connectivity index (χ2n) is 6.55. The van der Waals surface area contributed by atoms with Crippen LogP contribution < -0.4 is 4.74 Å². The molecule has 3 nitrogen and oxygen atoms in total. The van der Waals surface area contributed by atoms with Crippen molar-refractivity contribution < 1.29 is 4.74 Å². The number of nitrogens with zero attached hydrogens (tertiary/aromatic N) is 2. The largest absolute Gasteiger partial charge is 0.494 e. The number of aryl methyl sites for hydroxylation is 1. The molecular weight excluding hydrogens is 296 g/mol. The molecule has 0 amide bonds. The molecule has 0 saturated heterocycles. The van der Waals surface area contributed by atoms with Crippen LogP contribution in [-0.2, 0) is 6.42 Å². The number of hydrogen-bond donors (Lipinski definition) is 0. The molecule has 0 aliphatic carbocycles. The zero-order valence-electron chi connectivity index (χ0n) is 15.3. The van der Waals surface area contributed by atoms with Crippen LogP contribution in [0.3, 0.4) is 0 Å². The lowest BCUT2D eigenvalue weighted by atomic mass is 10.1. The highest BCUT2D eigenvalue weighted by Crippen LogP contribution is 2.20. The van der Waals surface area contributed by atoms with E-state index >= 15 is 0 Å². The molecule has 2 rings (SSSR count). The predicted octanol–water partition coefficient (Wildman–Crippen LogP) is 5.69. The van der Waals surface area contributed by atoms with E-state index in [-0.39, 0.29) is 0 Å². The fraction of sp³-hybridized carbons (Fsp3) is 0.524. The molecular formula is C21H30N2O. The van der Waals surface area contributed by atoms with Crippen LogP contribution in [0.2, 0.25) is 0 Å². The molecule has 24 heavy (non-hydrogen) atoms. The summed E-state index contributed by atoms with van der Waals surface area (Å²) in [7, 11) is 0. The minimum Gasteiger partial charge on any atom is -0.494 e. The molecule has 130 valence electrons. The normalized spacial score (nSPS) is 12.1. The molecule has 1 aromatic heterocycles. The first-order valence-corrected chi connectivity index (χ1v) is 9.27. The average Bonchev–Trinajstić information content (AvgIpc) is 2.63. The van der Waals surface area contributed by atoms with Crippen molar-refractivity contribution in [1.29, 1.82) is 0 Å². The van der Waals surface area contributed by atoms with Gasteiger partial charge in [-0.2, -0.15) is 0 Å². The first kappa shape index (κ1) is 18.4. The van der Waals surface area contributed by atoms with Crippen molar-refractivity contribution in [1.82, 2.24) is 9.97 Å². The van der Waals surface area contributed by atoms with Gasteiger partial charge in [0, 0.05) is 18.0 Å². The number of rotatable bonds is 10.